The second-order valence-corrected chi connectivity index (χ2v) is 12.5. The van der Waals surface area contributed by atoms with Gasteiger partial charge in [0.25, 0.3) is 5.69 Å². The number of carbonyl (C=O) groups excluding carboxylic acids is 3. The van der Waals surface area contributed by atoms with Crippen LogP contribution in [0.1, 0.15) is 32.8 Å². The minimum absolute atomic E-state index is 0.0459. The second-order valence-electron chi connectivity index (χ2n) is 10.2. The summed E-state index contributed by atoms with van der Waals surface area (Å²) < 4.78 is 12.0. The van der Waals surface area contributed by atoms with E-state index in [1.54, 1.807) is 4.90 Å². The Kier molecular flexibility index (Phi) is 7.31. The maximum Gasteiger partial charge on any atom is 0.412 e. The summed E-state index contributed by atoms with van der Waals surface area (Å²) in [6.07, 6.45) is -0.0857. The average Bonchev–Trinajstić information content (AvgIpc) is 3.25. The molecule has 3 rings (SSSR count). The molecule has 0 spiro atoms. The zero-order valence-corrected chi connectivity index (χ0v) is 21.4. The smallest absolute Gasteiger partial charge is 0.412 e. The number of non-ortho nitro benzene ring substituents is 1. The van der Waals surface area contributed by atoms with Gasteiger partial charge in [-0.15, -0.1) is 0 Å². The highest BCUT2D eigenvalue weighted by atomic mass is 28.3. The van der Waals surface area contributed by atoms with Gasteiger partial charge in [-0.05, 0) is 42.1 Å². The molecule has 0 radical (unpaired) electrons. The normalized spacial score (nSPS) is 22.9. The molecule has 2 saturated heterocycles. The van der Waals surface area contributed by atoms with Crippen LogP contribution in [0.2, 0.25) is 13.1 Å². The predicted molar refractivity (Wildman–Crippen MR) is 125 cm³/mol. The number of ether oxygens (including phenoxy) is 1. The lowest BCUT2D eigenvalue weighted by Gasteiger charge is -2.41. The van der Waals surface area contributed by atoms with E-state index >= 15 is 0 Å². The fourth-order valence-corrected chi connectivity index (χ4v) is 5.53. The quantitative estimate of drug-likeness (QED) is 0.268. The lowest BCUT2D eigenvalue weighted by Crippen LogP contribution is -2.58. The van der Waals surface area contributed by atoms with E-state index < -0.39 is 31.8 Å². The molecule has 2 atom stereocenters. The molecule has 12 heteroatoms. The van der Waals surface area contributed by atoms with Crippen LogP contribution in [0.15, 0.2) is 24.3 Å². The molecule has 4 amide bonds. The maximum atomic E-state index is 13.3. The van der Waals surface area contributed by atoms with Gasteiger partial charge in [0.05, 0.1) is 11.5 Å². The Hall–Kier alpha value is -2.99. The van der Waals surface area contributed by atoms with Crippen molar-refractivity contribution in [1.29, 1.82) is 0 Å². The minimum Gasteiger partial charge on any atom is -0.444 e. The van der Waals surface area contributed by atoms with Gasteiger partial charge < -0.3 is 14.1 Å². The molecule has 2 aliphatic heterocycles. The highest BCUT2D eigenvalue weighted by molar-refractivity contribution is 6.48. The SMILES string of the molecule is C[SiH](C)O[C@]1(CN2CC(=O)NC2=O)C[C@H](C(C)(C)C)CN1C(=O)OCc1ccc([N+](=O)[O-])cc1. The number of benzene rings is 1. The highest BCUT2D eigenvalue weighted by Crippen LogP contribution is 2.44. The number of hydrogen-bond acceptors (Lipinski definition) is 7. The van der Waals surface area contributed by atoms with Crippen molar-refractivity contribution in [2.24, 2.45) is 11.3 Å². The monoisotopic (exact) mass is 492 g/mol. The van der Waals surface area contributed by atoms with Gasteiger partial charge in [-0.25, -0.2) is 9.59 Å². The van der Waals surface area contributed by atoms with Crippen molar-refractivity contribution in [3.8, 4) is 0 Å². The van der Waals surface area contributed by atoms with E-state index in [1.807, 2.05) is 13.1 Å². The topological polar surface area (TPSA) is 131 Å². The van der Waals surface area contributed by atoms with E-state index in [4.69, 9.17) is 9.16 Å². The lowest BCUT2D eigenvalue weighted by atomic mass is 9.79. The molecule has 0 aliphatic carbocycles. The summed E-state index contributed by atoms with van der Waals surface area (Å²) in [7, 11) is -1.70. The number of hydrogen-bond donors (Lipinski definition) is 1. The molecule has 0 unspecified atom stereocenters. The van der Waals surface area contributed by atoms with Crippen LogP contribution in [0.4, 0.5) is 15.3 Å². The van der Waals surface area contributed by atoms with Gasteiger partial charge >= 0.3 is 12.1 Å². The van der Waals surface area contributed by atoms with Crippen LogP contribution < -0.4 is 5.32 Å². The number of amides is 4. The first-order chi connectivity index (χ1) is 15.8. The number of carbonyl (C=O) groups is 3. The number of likely N-dealkylation sites (tertiary alicyclic amines) is 1. The lowest BCUT2D eigenvalue weighted by molar-refractivity contribution is -0.384. The highest BCUT2D eigenvalue weighted by Gasteiger charge is 2.54. The summed E-state index contributed by atoms with van der Waals surface area (Å²) in [6.45, 7) is 10.5. The molecule has 2 fully saturated rings. The fraction of sp³-hybridized carbons (Fsp3) is 0.591. The maximum absolute atomic E-state index is 13.3. The third-order valence-electron chi connectivity index (χ3n) is 6.18. The zero-order chi connectivity index (χ0) is 25.3. The Morgan fingerprint density at radius 3 is 2.41 bits per heavy atom. The molecular weight excluding hydrogens is 460 g/mol. The van der Waals surface area contributed by atoms with Crippen LogP contribution in [0.3, 0.4) is 0 Å². The zero-order valence-electron chi connectivity index (χ0n) is 20.2. The Morgan fingerprint density at radius 1 is 1.26 bits per heavy atom. The molecule has 34 heavy (non-hydrogen) atoms. The van der Waals surface area contributed by atoms with E-state index in [0.717, 1.165) is 0 Å². The molecule has 186 valence electrons. The first kappa shape index (κ1) is 25.6. The molecule has 0 saturated carbocycles. The summed E-state index contributed by atoms with van der Waals surface area (Å²) in [4.78, 5) is 50.7. The van der Waals surface area contributed by atoms with Gasteiger partial charge in [0.15, 0.2) is 14.8 Å². The van der Waals surface area contributed by atoms with Gasteiger partial charge in [0.2, 0.25) is 5.91 Å². The number of nitrogens with one attached hydrogen (secondary N) is 1. The number of nitrogens with zero attached hydrogens (tertiary/aromatic N) is 3. The molecule has 2 heterocycles. The Labute approximate surface area is 200 Å². The van der Waals surface area contributed by atoms with E-state index in [0.29, 0.717) is 18.5 Å². The fourth-order valence-electron chi connectivity index (χ4n) is 4.35. The van der Waals surface area contributed by atoms with Crippen molar-refractivity contribution >= 4 is 32.8 Å². The molecule has 0 bridgehead atoms. The number of rotatable bonds is 7. The Morgan fingerprint density at radius 2 is 1.91 bits per heavy atom. The Bertz CT molecular complexity index is 963. The number of urea groups is 1. The van der Waals surface area contributed by atoms with E-state index in [2.05, 4.69) is 26.1 Å². The second kappa shape index (κ2) is 9.70. The van der Waals surface area contributed by atoms with E-state index in [9.17, 15) is 24.5 Å². The van der Waals surface area contributed by atoms with Crippen LogP contribution >= 0.6 is 0 Å². The summed E-state index contributed by atoms with van der Waals surface area (Å²) >= 11 is 0. The molecule has 11 nitrogen and oxygen atoms in total. The number of nitro benzene ring substituents is 1. The summed E-state index contributed by atoms with van der Waals surface area (Å²) in [6, 6.07) is 5.29. The predicted octanol–water partition coefficient (Wildman–Crippen LogP) is 2.85. The van der Waals surface area contributed by atoms with Gasteiger partial charge in [-0.3, -0.25) is 25.1 Å². The first-order valence-corrected chi connectivity index (χ1v) is 14.0. The van der Waals surface area contributed by atoms with E-state index in [1.165, 1.54) is 29.2 Å². The largest absolute Gasteiger partial charge is 0.444 e. The van der Waals surface area contributed by atoms with Crippen LogP contribution in [0, 0.1) is 21.4 Å². The molecule has 1 N–H and O–H groups in total. The van der Waals surface area contributed by atoms with Gasteiger partial charge in [0, 0.05) is 25.1 Å². The molecule has 0 aromatic heterocycles. The van der Waals surface area contributed by atoms with E-state index in [-0.39, 0.29) is 42.6 Å². The molecular formula is C22H32N4O7Si. The standard InChI is InChI=1S/C22H32N4O7Si/c1-21(2,3)16-10-22(33-34(4)5,14-24-12-18(27)23-19(24)28)25(11-16)20(29)32-13-15-6-8-17(9-7-15)26(30)31/h6-9,16,34H,10-14H2,1-5H3,(H,23,27,28)/t16-,22-/m0/s1. The molecule has 1 aromatic rings. The average molecular weight is 493 g/mol. The van der Waals surface area contributed by atoms with Crippen molar-refractivity contribution < 1.29 is 28.5 Å². The Balaban J connectivity index is 1.84. The third kappa shape index (κ3) is 5.73. The number of imide groups is 1. The van der Waals surface area contributed by atoms with Crippen LogP contribution in [-0.4, -0.2) is 67.2 Å². The van der Waals surface area contributed by atoms with Crippen LogP contribution in [0.25, 0.3) is 0 Å². The van der Waals surface area contributed by atoms with Crippen LogP contribution in [0.5, 0.6) is 0 Å². The summed E-state index contributed by atoms with van der Waals surface area (Å²) in [5.74, 6) is -0.312. The molecule has 2 aliphatic rings. The number of nitro groups is 1. The third-order valence-corrected chi connectivity index (χ3v) is 7.09. The van der Waals surface area contributed by atoms with Crippen LogP contribution in [-0.2, 0) is 20.6 Å². The minimum atomic E-state index is -1.70. The van der Waals surface area contributed by atoms with Crippen molar-refractivity contribution in [2.75, 3.05) is 19.6 Å². The van der Waals surface area contributed by atoms with Gasteiger partial charge in [0.1, 0.15) is 13.2 Å². The van der Waals surface area contributed by atoms with Crippen molar-refractivity contribution in [1.82, 2.24) is 15.1 Å². The van der Waals surface area contributed by atoms with Crippen molar-refractivity contribution in [3.05, 3.63) is 39.9 Å². The van der Waals surface area contributed by atoms with Gasteiger partial charge in [-0.2, -0.15) is 0 Å². The van der Waals surface area contributed by atoms with Gasteiger partial charge in [-0.1, -0.05) is 20.8 Å². The van der Waals surface area contributed by atoms with Crippen molar-refractivity contribution in [2.45, 2.75) is 52.6 Å². The first-order valence-electron chi connectivity index (χ1n) is 11.2. The summed E-state index contributed by atoms with van der Waals surface area (Å²) in [5, 5.41) is 13.1. The summed E-state index contributed by atoms with van der Waals surface area (Å²) in [5.41, 5.74) is -0.675. The molecule has 1 aromatic carbocycles. The van der Waals surface area contributed by atoms with Crippen molar-refractivity contribution in [3.63, 3.8) is 0 Å².